The summed E-state index contributed by atoms with van der Waals surface area (Å²) in [6.45, 7) is 6.60. The molecule has 1 aliphatic heterocycles. The van der Waals surface area contributed by atoms with Gasteiger partial charge in [-0.05, 0) is 18.3 Å². The lowest BCUT2D eigenvalue weighted by Crippen LogP contribution is -2.29. The lowest BCUT2D eigenvalue weighted by molar-refractivity contribution is 0.0680. The van der Waals surface area contributed by atoms with Crippen LogP contribution in [0.15, 0.2) is 0 Å². The van der Waals surface area contributed by atoms with Crippen LogP contribution in [0.3, 0.4) is 0 Å². The minimum atomic E-state index is 0.176. The van der Waals surface area contributed by atoms with E-state index < -0.39 is 0 Å². The molecule has 1 unspecified atom stereocenters. The van der Waals surface area contributed by atoms with Gasteiger partial charge >= 0.3 is 0 Å². The monoisotopic (exact) mass is 154 g/mol. The molecule has 1 rings (SSSR count). The van der Waals surface area contributed by atoms with Crippen molar-refractivity contribution in [1.82, 2.24) is 0 Å². The Morgan fingerprint density at radius 1 is 1.36 bits per heavy atom. The van der Waals surface area contributed by atoms with E-state index in [2.05, 4.69) is 20.8 Å². The first-order valence-corrected chi connectivity index (χ1v) is 4.41. The highest BCUT2D eigenvalue weighted by Crippen LogP contribution is 2.32. The molecule has 3 heteroatoms. The second-order valence-corrected chi connectivity index (χ2v) is 3.46. The minimum absolute atomic E-state index is 0.176. The average molecular weight is 154 g/mol. The van der Waals surface area contributed by atoms with Crippen molar-refractivity contribution in [3.63, 3.8) is 0 Å². The molecule has 1 radical (unpaired) electrons. The van der Waals surface area contributed by atoms with E-state index in [0.29, 0.717) is 17.9 Å². The summed E-state index contributed by atoms with van der Waals surface area (Å²) < 4.78 is 5.70. The summed E-state index contributed by atoms with van der Waals surface area (Å²) in [6.07, 6.45) is 1.50. The summed E-state index contributed by atoms with van der Waals surface area (Å²) in [4.78, 5) is 0. The number of hydrogen-bond acceptors (Lipinski definition) is 2. The SMILES string of the molecule is CC[C@H]1O[C@@H]([B]N)[C@@H](C)C1C. The summed E-state index contributed by atoms with van der Waals surface area (Å²) in [5, 5.41) is 0. The average Bonchev–Trinajstić information content (AvgIpc) is 2.30. The smallest absolute Gasteiger partial charge is 0.238 e. The third kappa shape index (κ3) is 1.59. The Balaban J connectivity index is 2.53. The van der Waals surface area contributed by atoms with Crippen molar-refractivity contribution in [2.45, 2.75) is 39.3 Å². The predicted octanol–water partition coefficient (Wildman–Crippen LogP) is 0.971. The molecular weight excluding hydrogens is 137 g/mol. The van der Waals surface area contributed by atoms with Crippen LogP contribution in [0.5, 0.6) is 0 Å². The maximum Gasteiger partial charge on any atom is 0.238 e. The largest absolute Gasteiger partial charge is 0.382 e. The van der Waals surface area contributed by atoms with Gasteiger partial charge in [0.2, 0.25) is 7.41 Å². The summed E-state index contributed by atoms with van der Waals surface area (Å²) >= 11 is 0. The van der Waals surface area contributed by atoms with E-state index in [1.165, 1.54) is 0 Å². The van der Waals surface area contributed by atoms with E-state index in [1.54, 1.807) is 7.41 Å². The van der Waals surface area contributed by atoms with Crippen molar-refractivity contribution in [2.75, 3.05) is 0 Å². The molecule has 0 aromatic rings. The van der Waals surface area contributed by atoms with Crippen LogP contribution in [0.1, 0.15) is 27.2 Å². The van der Waals surface area contributed by atoms with Crippen LogP contribution in [-0.4, -0.2) is 19.5 Å². The number of rotatable bonds is 2. The molecule has 0 aromatic heterocycles. The highest BCUT2D eigenvalue weighted by molar-refractivity contribution is 6.33. The topological polar surface area (TPSA) is 35.2 Å². The van der Waals surface area contributed by atoms with Crippen molar-refractivity contribution < 1.29 is 4.74 Å². The quantitative estimate of drug-likeness (QED) is 0.601. The molecular formula is C8H17BNO. The molecule has 0 spiro atoms. The van der Waals surface area contributed by atoms with Gasteiger partial charge in [0, 0.05) is 6.00 Å². The van der Waals surface area contributed by atoms with E-state index in [1.807, 2.05) is 0 Å². The van der Waals surface area contributed by atoms with E-state index in [-0.39, 0.29) is 6.00 Å². The van der Waals surface area contributed by atoms with Gasteiger partial charge in [0.05, 0.1) is 6.10 Å². The molecule has 1 aliphatic rings. The Morgan fingerprint density at radius 2 is 2.00 bits per heavy atom. The van der Waals surface area contributed by atoms with Gasteiger partial charge in [-0.1, -0.05) is 20.8 Å². The Hall–Kier alpha value is -0.0151. The van der Waals surface area contributed by atoms with Gasteiger partial charge in [0.1, 0.15) is 0 Å². The highest BCUT2D eigenvalue weighted by atomic mass is 16.5. The summed E-state index contributed by atoms with van der Waals surface area (Å²) in [6, 6.07) is 0.176. The van der Waals surface area contributed by atoms with Crippen LogP contribution in [0, 0.1) is 11.8 Å². The number of hydrogen-bond donors (Lipinski definition) is 1. The van der Waals surface area contributed by atoms with E-state index in [0.717, 1.165) is 6.42 Å². The van der Waals surface area contributed by atoms with E-state index in [9.17, 15) is 0 Å². The van der Waals surface area contributed by atoms with Gasteiger partial charge in [0.25, 0.3) is 0 Å². The van der Waals surface area contributed by atoms with E-state index in [4.69, 9.17) is 10.4 Å². The molecule has 0 amide bonds. The van der Waals surface area contributed by atoms with Gasteiger partial charge in [0.15, 0.2) is 0 Å². The standard InChI is InChI=1S/C8H17BNO/c1-4-7-5(2)6(3)8(9-10)11-7/h5-8H,4,10H2,1-3H3/t5?,6-,7+,8+/m0/s1. The van der Waals surface area contributed by atoms with Crippen molar-refractivity contribution in [1.29, 1.82) is 0 Å². The summed E-state index contributed by atoms with van der Waals surface area (Å²) in [7, 11) is 1.68. The van der Waals surface area contributed by atoms with Crippen LogP contribution >= 0.6 is 0 Å². The minimum Gasteiger partial charge on any atom is -0.382 e. The van der Waals surface area contributed by atoms with Crippen LogP contribution in [0.2, 0.25) is 0 Å². The maximum absolute atomic E-state index is 5.70. The molecule has 0 aromatic carbocycles. The Kier molecular flexibility index (Phi) is 2.96. The molecule has 1 heterocycles. The fourth-order valence-electron chi connectivity index (χ4n) is 1.78. The summed E-state index contributed by atoms with van der Waals surface area (Å²) in [5.41, 5.74) is 5.45. The zero-order valence-electron chi connectivity index (χ0n) is 7.58. The second kappa shape index (κ2) is 3.59. The fourth-order valence-corrected chi connectivity index (χ4v) is 1.78. The maximum atomic E-state index is 5.70. The molecule has 1 fully saturated rings. The molecule has 0 saturated carbocycles. The first kappa shape index (κ1) is 9.08. The number of ether oxygens (including phenoxy) is 1. The van der Waals surface area contributed by atoms with Crippen LogP contribution in [0.25, 0.3) is 0 Å². The Bertz CT molecular complexity index is 113. The van der Waals surface area contributed by atoms with Crippen molar-refractivity contribution >= 4 is 7.41 Å². The van der Waals surface area contributed by atoms with Crippen LogP contribution in [0.4, 0.5) is 0 Å². The molecule has 11 heavy (non-hydrogen) atoms. The first-order valence-electron chi connectivity index (χ1n) is 4.41. The molecule has 1 saturated heterocycles. The van der Waals surface area contributed by atoms with Crippen molar-refractivity contribution in [2.24, 2.45) is 17.5 Å². The van der Waals surface area contributed by atoms with Gasteiger partial charge in [-0.15, -0.1) is 0 Å². The fraction of sp³-hybridized carbons (Fsp3) is 1.00. The second-order valence-electron chi connectivity index (χ2n) is 3.46. The lowest BCUT2D eigenvalue weighted by Gasteiger charge is -2.13. The molecule has 0 bridgehead atoms. The summed E-state index contributed by atoms with van der Waals surface area (Å²) in [5.74, 6) is 1.22. The van der Waals surface area contributed by atoms with E-state index >= 15 is 0 Å². The molecule has 2 N–H and O–H groups in total. The van der Waals surface area contributed by atoms with Gasteiger partial charge in [-0.25, -0.2) is 0 Å². The van der Waals surface area contributed by atoms with Crippen molar-refractivity contribution in [3.8, 4) is 0 Å². The number of nitrogens with two attached hydrogens (primary N) is 1. The highest BCUT2D eigenvalue weighted by Gasteiger charge is 2.37. The third-order valence-electron chi connectivity index (χ3n) is 2.86. The van der Waals surface area contributed by atoms with Gasteiger partial charge < -0.3 is 10.4 Å². The Labute approximate surface area is 69.8 Å². The molecule has 0 aliphatic carbocycles. The molecule has 4 atom stereocenters. The van der Waals surface area contributed by atoms with Gasteiger partial charge in [-0.2, -0.15) is 0 Å². The first-order chi connectivity index (χ1) is 5.20. The third-order valence-corrected chi connectivity index (χ3v) is 2.86. The molecule has 2 nitrogen and oxygen atoms in total. The molecule has 63 valence electrons. The van der Waals surface area contributed by atoms with Crippen LogP contribution in [-0.2, 0) is 4.74 Å². The zero-order chi connectivity index (χ0) is 8.43. The van der Waals surface area contributed by atoms with Gasteiger partial charge in [-0.3, -0.25) is 0 Å². The lowest BCUT2D eigenvalue weighted by atomic mass is 9.75. The normalized spacial score (nSPS) is 44.4. The predicted molar refractivity (Wildman–Crippen MR) is 47.2 cm³/mol. The van der Waals surface area contributed by atoms with Crippen molar-refractivity contribution in [3.05, 3.63) is 0 Å². The zero-order valence-corrected chi connectivity index (χ0v) is 7.58. The Morgan fingerprint density at radius 3 is 2.27 bits per heavy atom. The van der Waals surface area contributed by atoms with Crippen LogP contribution < -0.4 is 5.64 Å².